The summed E-state index contributed by atoms with van der Waals surface area (Å²) in [4.78, 5) is 18.7. The first-order valence-corrected chi connectivity index (χ1v) is 7.73. The normalized spacial score (nSPS) is 24.9. The molecule has 2 saturated heterocycles. The Morgan fingerprint density at radius 1 is 1.60 bits per heavy atom. The Kier molecular flexibility index (Phi) is 4.14. The molecule has 0 saturated carbocycles. The van der Waals surface area contributed by atoms with Crippen LogP contribution in [0.4, 0.5) is 0 Å². The first kappa shape index (κ1) is 13.7. The third-order valence-electron chi connectivity index (χ3n) is 3.27. The molecule has 4 nitrogen and oxygen atoms in total. The molecule has 2 fully saturated rings. The lowest BCUT2D eigenvalue weighted by atomic mass is 10.2. The summed E-state index contributed by atoms with van der Waals surface area (Å²) >= 11 is 6.65. The SMILES string of the molecule is O=C1/C(=C/c2cccnc2)SC(=S)N1C[C@H]1CCCO1. The molecule has 1 aromatic heterocycles. The van der Waals surface area contributed by atoms with Crippen molar-refractivity contribution >= 4 is 40.3 Å². The molecular weight excluding hydrogens is 292 g/mol. The van der Waals surface area contributed by atoms with E-state index in [1.165, 1.54) is 11.8 Å². The first-order valence-electron chi connectivity index (χ1n) is 6.51. The summed E-state index contributed by atoms with van der Waals surface area (Å²) in [7, 11) is 0. The molecule has 0 radical (unpaired) electrons. The largest absolute Gasteiger partial charge is 0.376 e. The van der Waals surface area contributed by atoms with Gasteiger partial charge in [0.05, 0.1) is 17.6 Å². The van der Waals surface area contributed by atoms with E-state index < -0.39 is 0 Å². The van der Waals surface area contributed by atoms with Gasteiger partial charge in [-0.1, -0.05) is 30.0 Å². The molecular formula is C14H14N2O2S2. The van der Waals surface area contributed by atoms with Crippen molar-refractivity contribution in [3.8, 4) is 0 Å². The summed E-state index contributed by atoms with van der Waals surface area (Å²) in [6.45, 7) is 1.35. The van der Waals surface area contributed by atoms with Crippen molar-refractivity contribution in [2.24, 2.45) is 0 Å². The van der Waals surface area contributed by atoms with E-state index in [0.717, 1.165) is 25.0 Å². The molecule has 0 spiro atoms. The van der Waals surface area contributed by atoms with Crippen molar-refractivity contribution in [2.45, 2.75) is 18.9 Å². The van der Waals surface area contributed by atoms with Crippen molar-refractivity contribution in [1.82, 2.24) is 9.88 Å². The number of rotatable bonds is 3. The monoisotopic (exact) mass is 306 g/mol. The molecule has 3 heterocycles. The first-order chi connectivity index (χ1) is 9.74. The molecule has 0 bridgehead atoms. The van der Waals surface area contributed by atoms with Crippen molar-refractivity contribution in [3.63, 3.8) is 0 Å². The molecule has 104 valence electrons. The van der Waals surface area contributed by atoms with Crippen LogP contribution in [-0.4, -0.2) is 39.4 Å². The van der Waals surface area contributed by atoms with E-state index in [-0.39, 0.29) is 12.0 Å². The molecule has 1 atom stereocenters. The number of ether oxygens (including phenoxy) is 1. The van der Waals surface area contributed by atoms with Gasteiger partial charge < -0.3 is 4.74 Å². The summed E-state index contributed by atoms with van der Waals surface area (Å²) in [6.07, 6.45) is 7.45. The molecule has 2 aliphatic rings. The molecule has 0 aromatic carbocycles. The minimum absolute atomic E-state index is 0.0284. The number of hydrogen-bond acceptors (Lipinski definition) is 5. The number of thiocarbonyl (C=S) groups is 1. The van der Waals surface area contributed by atoms with Crippen molar-refractivity contribution in [3.05, 3.63) is 35.0 Å². The molecule has 0 aliphatic carbocycles. The molecule has 6 heteroatoms. The van der Waals surface area contributed by atoms with Gasteiger partial charge in [0, 0.05) is 19.0 Å². The van der Waals surface area contributed by atoms with Crippen LogP contribution in [0, 0.1) is 0 Å². The number of nitrogens with zero attached hydrogens (tertiary/aromatic N) is 2. The average molecular weight is 306 g/mol. The van der Waals surface area contributed by atoms with Crippen molar-refractivity contribution in [1.29, 1.82) is 0 Å². The summed E-state index contributed by atoms with van der Waals surface area (Å²) in [5.41, 5.74) is 0.908. The standard InChI is InChI=1S/C14H14N2O2S2/c17-13-12(7-10-3-1-5-15-8-10)20-14(19)16(13)9-11-4-2-6-18-11/h1,3,5,7-8,11H,2,4,6,9H2/b12-7-/t11-/m1/s1. The second kappa shape index (κ2) is 6.03. The van der Waals surface area contributed by atoms with Gasteiger partial charge in [0.1, 0.15) is 4.32 Å². The summed E-state index contributed by atoms with van der Waals surface area (Å²) in [5.74, 6) is -0.0284. The zero-order valence-electron chi connectivity index (χ0n) is 10.8. The minimum Gasteiger partial charge on any atom is -0.376 e. The van der Waals surface area contributed by atoms with Gasteiger partial charge in [-0.15, -0.1) is 0 Å². The van der Waals surface area contributed by atoms with Crippen LogP contribution in [0.1, 0.15) is 18.4 Å². The fraction of sp³-hybridized carbons (Fsp3) is 0.357. The van der Waals surface area contributed by atoms with Gasteiger partial charge >= 0.3 is 0 Å². The zero-order valence-corrected chi connectivity index (χ0v) is 12.5. The fourth-order valence-corrected chi connectivity index (χ4v) is 3.54. The zero-order chi connectivity index (χ0) is 13.9. The highest BCUT2D eigenvalue weighted by Gasteiger charge is 2.34. The fourth-order valence-electron chi connectivity index (χ4n) is 2.26. The van der Waals surface area contributed by atoms with Gasteiger partial charge in [-0.25, -0.2) is 0 Å². The number of carbonyl (C=O) groups is 1. The molecule has 1 amide bonds. The summed E-state index contributed by atoms with van der Waals surface area (Å²) in [6, 6.07) is 3.76. The van der Waals surface area contributed by atoms with Gasteiger partial charge in [-0.05, 0) is 30.5 Å². The Morgan fingerprint density at radius 3 is 3.20 bits per heavy atom. The van der Waals surface area contributed by atoms with Crippen molar-refractivity contribution < 1.29 is 9.53 Å². The van der Waals surface area contributed by atoms with Crippen LogP contribution >= 0.6 is 24.0 Å². The van der Waals surface area contributed by atoms with E-state index in [0.29, 0.717) is 15.8 Å². The molecule has 20 heavy (non-hydrogen) atoms. The lowest BCUT2D eigenvalue weighted by Gasteiger charge is -2.18. The maximum absolute atomic E-state index is 12.4. The molecule has 0 unspecified atom stereocenters. The predicted octanol–water partition coefficient (Wildman–Crippen LogP) is 2.46. The Balaban J connectivity index is 1.74. The highest BCUT2D eigenvalue weighted by Crippen LogP contribution is 2.33. The van der Waals surface area contributed by atoms with Crippen LogP contribution in [0.15, 0.2) is 29.4 Å². The molecule has 3 rings (SSSR count). The Labute approximate surface area is 127 Å². The lowest BCUT2D eigenvalue weighted by molar-refractivity contribution is -0.123. The minimum atomic E-state index is -0.0284. The van der Waals surface area contributed by atoms with Gasteiger partial charge in [0.2, 0.25) is 0 Å². The summed E-state index contributed by atoms with van der Waals surface area (Å²) in [5, 5.41) is 0. The summed E-state index contributed by atoms with van der Waals surface area (Å²) < 4.78 is 6.18. The van der Waals surface area contributed by atoms with Crippen LogP contribution in [0.2, 0.25) is 0 Å². The maximum Gasteiger partial charge on any atom is 0.266 e. The molecule has 2 aliphatic heterocycles. The number of pyridine rings is 1. The van der Waals surface area contributed by atoms with E-state index >= 15 is 0 Å². The predicted molar refractivity (Wildman–Crippen MR) is 83.1 cm³/mol. The second-order valence-corrected chi connectivity index (χ2v) is 6.39. The van der Waals surface area contributed by atoms with Crippen LogP contribution in [-0.2, 0) is 9.53 Å². The Bertz CT molecular complexity index is 554. The number of aromatic nitrogens is 1. The lowest BCUT2D eigenvalue weighted by Crippen LogP contribution is -2.35. The van der Waals surface area contributed by atoms with Gasteiger partial charge in [-0.2, -0.15) is 0 Å². The van der Waals surface area contributed by atoms with Gasteiger partial charge in [0.15, 0.2) is 0 Å². The average Bonchev–Trinajstić information content (AvgIpc) is 3.05. The third-order valence-corrected chi connectivity index (χ3v) is 4.64. The third kappa shape index (κ3) is 2.92. The van der Waals surface area contributed by atoms with E-state index in [1.807, 2.05) is 18.2 Å². The number of hydrogen-bond donors (Lipinski definition) is 0. The molecule has 0 N–H and O–H groups in total. The Hall–Kier alpha value is -1.24. The van der Waals surface area contributed by atoms with Crippen LogP contribution in [0.5, 0.6) is 0 Å². The number of thioether (sulfide) groups is 1. The van der Waals surface area contributed by atoms with Crippen molar-refractivity contribution in [2.75, 3.05) is 13.2 Å². The van der Waals surface area contributed by atoms with E-state index in [2.05, 4.69) is 4.98 Å². The number of amides is 1. The van der Waals surface area contributed by atoms with Crippen LogP contribution in [0.3, 0.4) is 0 Å². The Morgan fingerprint density at radius 2 is 2.50 bits per heavy atom. The topological polar surface area (TPSA) is 42.4 Å². The van der Waals surface area contributed by atoms with Crippen LogP contribution in [0.25, 0.3) is 6.08 Å². The number of carbonyl (C=O) groups excluding carboxylic acids is 1. The van der Waals surface area contributed by atoms with Gasteiger partial charge in [-0.3, -0.25) is 14.7 Å². The highest BCUT2D eigenvalue weighted by molar-refractivity contribution is 8.26. The smallest absolute Gasteiger partial charge is 0.266 e. The quantitative estimate of drug-likeness (QED) is 0.634. The van der Waals surface area contributed by atoms with E-state index in [1.54, 1.807) is 17.3 Å². The van der Waals surface area contributed by atoms with Crippen LogP contribution < -0.4 is 0 Å². The van der Waals surface area contributed by atoms with Gasteiger partial charge in [0.25, 0.3) is 5.91 Å². The second-order valence-electron chi connectivity index (χ2n) is 4.71. The van der Waals surface area contributed by atoms with E-state index in [4.69, 9.17) is 17.0 Å². The maximum atomic E-state index is 12.4. The van der Waals surface area contributed by atoms with E-state index in [9.17, 15) is 4.79 Å². The molecule has 1 aromatic rings. The highest BCUT2D eigenvalue weighted by atomic mass is 32.2.